The van der Waals surface area contributed by atoms with Gasteiger partial charge in [-0.05, 0) is 37.5 Å². The van der Waals surface area contributed by atoms with Crippen LogP contribution in [0.1, 0.15) is 57.8 Å². The minimum Gasteiger partial charge on any atom is -0.503 e. The molecule has 2 aliphatic rings. The number of rotatable bonds is 5. The molecule has 2 amide bonds. The number of nitrogens with zero attached hydrogens (tertiary/aromatic N) is 2. The number of ether oxygens (including phenoxy) is 1. The van der Waals surface area contributed by atoms with Crippen molar-refractivity contribution in [3.05, 3.63) is 62.6 Å². The van der Waals surface area contributed by atoms with Gasteiger partial charge in [0.1, 0.15) is 17.2 Å². The molecule has 0 unspecified atom stereocenters. The van der Waals surface area contributed by atoms with Crippen LogP contribution in [0, 0.1) is 18.6 Å². The van der Waals surface area contributed by atoms with E-state index in [1.54, 1.807) is 4.90 Å². The molecule has 0 bridgehead atoms. The quantitative estimate of drug-likeness (QED) is 0.712. The predicted molar refractivity (Wildman–Crippen MR) is 114 cm³/mol. The Balaban J connectivity index is 1.69. The lowest BCUT2D eigenvalue weighted by Crippen LogP contribution is -2.55. The monoisotopic (exact) mass is 461 g/mol. The Labute approximate surface area is 188 Å². The highest BCUT2D eigenvalue weighted by Crippen LogP contribution is 2.35. The second kappa shape index (κ2) is 8.93. The Kier molecular flexibility index (Phi) is 6.20. The fraction of sp³-hybridized carbons (Fsp3) is 0.435. The standard InChI is InChI=1S/C23H25F2N3O5/c1-3-5-27-18-11-33-6-4-17(18)28-10-14(20(29)21(30)19(28)23(27)32)22(31)26-9-13-15(24)7-12(2)8-16(13)25/h7-8,10,17-18,30H,3-6,9,11H2,1-2H3,(H,26,31)/t17-,18+/m0/s1. The van der Waals surface area contributed by atoms with E-state index in [9.17, 15) is 28.3 Å². The molecular weight excluding hydrogens is 436 g/mol. The summed E-state index contributed by atoms with van der Waals surface area (Å²) in [5.74, 6) is -3.86. The second-order valence-corrected chi connectivity index (χ2v) is 8.36. The minimum absolute atomic E-state index is 0.163. The zero-order valence-electron chi connectivity index (χ0n) is 18.4. The van der Waals surface area contributed by atoms with Gasteiger partial charge in [0.15, 0.2) is 11.4 Å². The molecule has 0 aliphatic carbocycles. The Morgan fingerprint density at radius 1 is 1.24 bits per heavy atom. The van der Waals surface area contributed by atoms with Gasteiger partial charge in [-0.3, -0.25) is 14.4 Å². The molecule has 176 valence electrons. The Morgan fingerprint density at radius 2 is 1.94 bits per heavy atom. The lowest BCUT2D eigenvalue weighted by Gasteiger charge is -2.45. The van der Waals surface area contributed by atoms with Gasteiger partial charge in [-0.1, -0.05) is 6.92 Å². The van der Waals surface area contributed by atoms with E-state index in [1.807, 2.05) is 6.92 Å². The molecular formula is C23H25F2N3O5. The molecule has 2 atom stereocenters. The number of aromatic nitrogens is 1. The van der Waals surface area contributed by atoms with Crippen molar-refractivity contribution in [2.45, 2.75) is 45.3 Å². The second-order valence-electron chi connectivity index (χ2n) is 8.36. The summed E-state index contributed by atoms with van der Waals surface area (Å²) in [6.07, 6.45) is 2.46. The number of benzene rings is 1. The van der Waals surface area contributed by atoms with E-state index in [2.05, 4.69) is 5.32 Å². The molecule has 4 rings (SSSR count). The summed E-state index contributed by atoms with van der Waals surface area (Å²) >= 11 is 0. The lowest BCUT2D eigenvalue weighted by atomic mass is 9.95. The minimum atomic E-state index is -1.01. The molecule has 0 spiro atoms. The molecule has 10 heteroatoms. The normalized spacial score (nSPS) is 19.8. The Bertz CT molecular complexity index is 1160. The number of halogens is 2. The zero-order valence-corrected chi connectivity index (χ0v) is 18.4. The van der Waals surface area contributed by atoms with E-state index < -0.39 is 46.7 Å². The van der Waals surface area contributed by atoms with E-state index in [-0.39, 0.29) is 23.3 Å². The molecule has 1 aromatic heterocycles. The molecule has 8 nitrogen and oxygen atoms in total. The number of fused-ring (bicyclic) bond motifs is 3. The van der Waals surface area contributed by atoms with Crippen molar-refractivity contribution in [1.82, 2.24) is 14.8 Å². The van der Waals surface area contributed by atoms with Gasteiger partial charge in [0, 0.05) is 31.5 Å². The van der Waals surface area contributed by atoms with Crippen LogP contribution in [0.5, 0.6) is 5.75 Å². The number of hydrogen-bond donors (Lipinski definition) is 2. The van der Waals surface area contributed by atoms with Crippen LogP contribution in [0.15, 0.2) is 23.1 Å². The van der Waals surface area contributed by atoms with Crippen LogP contribution in [0.4, 0.5) is 8.78 Å². The van der Waals surface area contributed by atoms with Crippen LogP contribution in [0.2, 0.25) is 0 Å². The lowest BCUT2D eigenvalue weighted by molar-refractivity contribution is -0.0190. The fourth-order valence-corrected chi connectivity index (χ4v) is 4.55. The topological polar surface area (TPSA) is 101 Å². The number of pyridine rings is 1. The highest BCUT2D eigenvalue weighted by Gasteiger charge is 2.43. The molecule has 1 fully saturated rings. The molecule has 2 N–H and O–H groups in total. The van der Waals surface area contributed by atoms with E-state index in [1.165, 1.54) is 17.7 Å². The number of carbonyl (C=O) groups is 2. The average molecular weight is 461 g/mol. The maximum absolute atomic E-state index is 14.1. The molecule has 0 radical (unpaired) electrons. The Hall–Kier alpha value is -3.27. The van der Waals surface area contributed by atoms with Gasteiger partial charge >= 0.3 is 0 Å². The van der Waals surface area contributed by atoms with E-state index >= 15 is 0 Å². The van der Waals surface area contributed by atoms with Crippen molar-refractivity contribution in [2.24, 2.45) is 0 Å². The van der Waals surface area contributed by atoms with Gasteiger partial charge in [0.25, 0.3) is 11.8 Å². The first kappa shape index (κ1) is 22.9. The third-order valence-electron chi connectivity index (χ3n) is 6.14. The summed E-state index contributed by atoms with van der Waals surface area (Å²) in [5.41, 5.74) is -1.54. The van der Waals surface area contributed by atoms with E-state index in [0.29, 0.717) is 38.2 Å². The van der Waals surface area contributed by atoms with Gasteiger partial charge in [0.2, 0.25) is 5.43 Å². The summed E-state index contributed by atoms with van der Waals surface area (Å²) in [7, 11) is 0. The predicted octanol–water partition coefficient (Wildman–Crippen LogP) is 2.27. The van der Waals surface area contributed by atoms with Crippen LogP contribution >= 0.6 is 0 Å². The van der Waals surface area contributed by atoms with Crippen molar-refractivity contribution >= 4 is 11.8 Å². The molecule has 0 saturated carbocycles. The number of carbonyl (C=O) groups excluding carboxylic acids is 2. The smallest absolute Gasteiger partial charge is 0.274 e. The molecule has 1 saturated heterocycles. The van der Waals surface area contributed by atoms with Crippen molar-refractivity contribution in [1.29, 1.82) is 0 Å². The third kappa shape index (κ3) is 3.99. The first-order valence-corrected chi connectivity index (χ1v) is 10.8. The van der Waals surface area contributed by atoms with Gasteiger partial charge in [-0.15, -0.1) is 0 Å². The average Bonchev–Trinajstić information content (AvgIpc) is 2.77. The van der Waals surface area contributed by atoms with Crippen molar-refractivity contribution in [2.75, 3.05) is 19.8 Å². The van der Waals surface area contributed by atoms with Crippen LogP contribution in [-0.2, 0) is 11.3 Å². The van der Waals surface area contributed by atoms with Crippen molar-refractivity contribution in [3.8, 4) is 5.75 Å². The number of hydrogen-bond acceptors (Lipinski definition) is 5. The van der Waals surface area contributed by atoms with Crippen LogP contribution in [0.3, 0.4) is 0 Å². The largest absolute Gasteiger partial charge is 0.503 e. The highest BCUT2D eigenvalue weighted by atomic mass is 19.1. The number of amides is 2. The molecule has 2 aliphatic heterocycles. The fourth-order valence-electron chi connectivity index (χ4n) is 4.55. The summed E-state index contributed by atoms with van der Waals surface area (Å²) in [4.78, 5) is 40.2. The number of aromatic hydroxyl groups is 1. The van der Waals surface area contributed by atoms with Crippen molar-refractivity contribution < 1.29 is 28.2 Å². The van der Waals surface area contributed by atoms with Crippen LogP contribution < -0.4 is 10.7 Å². The molecule has 3 heterocycles. The maximum Gasteiger partial charge on any atom is 0.274 e. The maximum atomic E-state index is 14.1. The number of aryl methyl sites for hydroxylation is 1. The van der Waals surface area contributed by atoms with Crippen molar-refractivity contribution in [3.63, 3.8) is 0 Å². The molecule has 1 aromatic carbocycles. The highest BCUT2D eigenvalue weighted by molar-refractivity contribution is 5.99. The zero-order chi connectivity index (χ0) is 23.9. The van der Waals surface area contributed by atoms with E-state index in [4.69, 9.17) is 4.74 Å². The summed E-state index contributed by atoms with van der Waals surface area (Å²) < 4.78 is 35.2. The summed E-state index contributed by atoms with van der Waals surface area (Å²) in [6, 6.07) is 1.70. The first-order valence-electron chi connectivity index (χ1n) is 10.8. The van der Waals surface area contributed by atoms with Crippen LogP contribution in [0.25, 0.3) is 0 Å². The van der Waals surface area contributed by atoms with Crippen LogP contribution in [-0.4, -0.2) is 52.2 Å². The van der Waals surface area contributed by atoms with Gasteiger partial charge < -0.3 is 24.6 Å². The molecule has 2 aromatic rings. The third-order valence-corrected chi connectivity index (χ3v) is 6.14. The summed E-state index contributed by atoms with van der Waals surface area (Å²) in [5, 5.41) is 13.0. The van der Waals surface area contributed by atoms with Gasteiger partial charge in [-0.2, -0.15) is 0 Å². The van der Waals surface area contributed by atoms with Gasteiger partial charge in [-0.25, -0.2) is 8.78 Å². The SMILES string of the molecule is CCCN1C(=O)c2c(O)c(=O)c(C(=O)NCc3c(F)cc(C)cc3F)cn2[C@H]2CCOC[C@H]21. The molecule has 33 heavy (non-hydrogen) atoms. The summed E-state index contributed by atoms with van der Waals surface area (Å²) in [6.45, 7) is 4.14. The Morgan fingerprint density at radius 3 is 2.61 bits per heavy atom. The number of nitrogens with one attached hydrogen (secondary N) is 1. The first-order chi connectivity index (χ1) is 15.7. The van der Waals surface area contributed by atoms with Gasteiger partial charge in [0.05, 0.1) is 18.7 Å². The van der Waals surface area contributed by atoms with E-state index in [0.717, 1.165) is 12.1 Å².